The molecule has 1 unspecified atom stereocenters. The summed E-state index contributed by atoms with van der Waals surface area (Å²) >= 11 is 0. The van der Waals surface area contributed by atoms with Gasteiger partial charge in [-0.2, -0.15) is 0 Å². The number of nitrogens with zero attached hydrogens (tertiary/aromatic N) is 4. The third-order valence-corrected chi connectivity index (χ3v) is 4.32. The van der Waals surface area contributed by atoms with Crippen LogP contribution in [0.4, 0.5) is 5.69 Å². The molecule has 3 rings (SSSR count). The molecule has 1 amide bonds. The van der Waals surface area contributed by atoms with E-state index < -0.39 is 4.92 Å². The van der Waals surface area contributed by atoms with Crippen molar-refractivity contribution in [2.75, 3.05) is 0 Å². The molecule has 138 valence electrons. The topological polar surface area (TPSA) is 103 Å². The summed E-state index contributed by atoms with van der Waals surface area (Å²) in [5, 5.41) is 21.8. The van der Waals surface area contributed by atoms with E-state index in [1.54, 1.807) is 19.1 Å². The molecule has 1 aromatic heterocycles. The van der Waals surface area contributed by atoms with Crippen LogP contribution in [0.15, 0.2) is 48.5 Å². The molecule has 2 aromatic carbocycles. The minimum Gasteiger partial charge on any atom is -0.344 e. The number of aromatic nitrogens is 3. The highest BCUT2D eigenvalue weighted by molar-refractivity contribution is 5.93. The Kier molecular flexibility index (Phi) is 4.98. The lowest BCUT2D eigenvalue weighted by Crippen LogP contribution is -2.27. The van der Waals surface area contributed by atoms with Crippen molar-refractivity contribution in [1.29, 1.82) is 0 Å². The van der Waals surface area contributed by atoms with Crippen LogP contribution in [0.1, 0.15) is 40.3 Å². The number of non-ortho nitro benzene ring substituents is 1. The molecule has 8 nitrogen and oxygen atoms in total. The maximum absolute atomic E-state index is 12.6. The first-order chi connectivity index (χ1) is 12.9. The van der Waals surface area contributed by atoms with E-state index >= 15 is 0 Å². The molecule has 1 N–H and O–H groups in total. The molecule has 1 heterocycles. The Labute approximate surface area is 156 Å². The minimum absolute atomic E-state index is 0.0543. The average Bonchev–Trinajstić information content (AvgIpc) is 3.03. The third-order valence-electron chi connectivity index (χ3n) is 4.32. The molecule has 1 atom stereocenters. The first-order valence-electron chi connectivity index (χ1n) is 8.41. The van der Waals surface area contributed by atoms with E-state index in [0.717, 1.165) is 11.1 Å². The number of hydrogen-bond donors (Lipinski definition) is 1. The fraction of sp³-hybridized carbons (Fsp3) is 0.211. The van der Waals surface area contributed by atoms with Crippen LogP contribution in [0, 0.1) is 24.0 Å². The predicted octanol–water partition coefficient (Wildman–Crippen LogP) is 3.28. The van der Waals surface area contributed by atoms with Crippen molar-refractivity contribution in [3.8, 4) is 5.69 Å². The monoisotopic (exact) mass is 365 g/mol. The van der Waals surface area contributed by atoms with Gasteiger partial charge in [0.15, 0.2) is 5.69 Å². The average molecular weight is 365 g/mol. The number of aryl methyl sites for hydroxylation is 1. The van der Waals surface area contributed by atoms with Gasteiger partial charge in [-0.3, -0.25) is 14.9 Å². The zero-order chi connectivity index (χ0) is 19.6. The number of nitro groups is 1. The summed E-state index contributed by atoms with van der Waals surface area (Å²) in [6.45, 7) is 5.59. The zero-order valence-corrected chi connectivity index (χ0v) is 15.2. The lowest BCUT2D eigenvalue weighted by molar-refractivity contribution is -0.384. The summed E-state index contributed by atoms with van der Waals surface area (Å²) in [5.41, 5.74) is 3.23. The Morgan fingerprint density at radius 1 is 1.19 bits per heavy atom. The van der Waals surface area contributed by atoms with Gasteiger partial charge in [0.25, 0.3) is 11.6 Å². The van der Waals surface area contributed by atoms with Crippen LogP contribution < -0.4 is 5.32 Å². The highest BCUT2D eigenvalue weighted by Gasteiger charge is 2.20. The van der Waals surface area contributed by atoms with Crippen LogP contribution in [0.3, 0.4) is 0 Å². The molecule has 0 aliphatic carbocycles. The van der Waals surface area contributed by atoms with Crippen LogP contribution in [0.5, 0.6) is 0 Å². The number of nitrogens with one attached hydrogen (secondary N) is 1. The van der Waals surface area contributed by atoms with Crippen molar-refractivity contribution >= 4 is 11.6 Å². The Hall–Kier alpha value is -3.55. The van der Waals surface area contributed by atoms with Gasteiger partial charge in [0.2, 0.25) is 0 Å². The van der Waals surface area contributed by atoms with Crippen LogP contribution in [-0.4, -0.2) is 25.8 Å². The van der Waals surface area contributed by atoms with Gasteiger partial charge in [-0.25, -0.2) is 4.68 Å². The fourth-order valence-electron chi connectivity index (χ4n) is 2.73. The minimum atomic E-state index is -0.480. The van der Waals surface area contributed by atoms with Gasteiger partial charge < -0.3 is 5.32 Å². The number of benzene rings is 2. The van der Waals surface area contributed by atoms with E-state index in [2.05, 4.69) is 15.6 Å². The van der Waals surface area contributed by atoms with Gasteiger partial charge in [-0.1, -0.05) is 41.1 Å². The number of amides is 1. The highest BCUT2D eigenvalue weighted by atomic mass is 16.6. The lowest BCUT2D eigenvalue weighted by Gasteiger charge is -2.14. The SMILES string of the molecule is Cc1ccc(C(C)NC(=O)c2nnn(-c3cccc([N+](=O)[O-])c3)c2C)cc1. The Morgan fingerprint density at radius 3 is 2.56 bits per heavy atom. The number of nitro benzene ring substituents is 1. The van der Waals surface area contributed by atoms with Gasteiger partial charge in [-0.15, -0.1) is 5.10 Å². The summed E-state index contributed by atoms with van der Waals surface area (Å²) < 4.78 is 1.42. The summed E-state index contributed by atoms with van der Waals surface area (Å²) in [7, 11) is 0. The molecule has 0 radical (unpaired) electrons. The summed E-state index contributed by atoms with van der Waals surface area (Å²) in [4.78, 5) is 23.1. The van der Waals surface area contributed by atoms with Crippen molar-refractivity contribution in [3.63, 3.8) is 0 Å². The lowest BCUT2D eigenvalue weighted by atomic mass is 10.1. The Morgan fingerprint density at radius 2 is 1.89 bits per heavy atom. The van der Waals surface area contributed by atoms with E-state index in [1.807, 2.05) is 38.1 Å². The first kappa shape index (κ1) is 18.2. The number of rotatable bonds is 5. The molecule has 0 spiro atoms. The first-order valence-corrected chi connectivity index (χ1v) is 8.41. The summed E-state index contributed by atoms with van der Waals surface area (Å²) in [5.74, 6) is -0.350. The van der Waals surface area contributed by atoms with E-state index in [-0.39, 0.29) is 23.3 Å². The molecule has 0 aliphatic heterocycles. The quantitative estimate of drug-likeness (QED) is 0.552. The van der Waals surface area contributed by atoms with Crippen LogP contribution in [0.25, 0.3) is 5.69 Å². The van der Waals surface area contributed by atoms with Crippen molar-refractivity contribution in [2.24, 2.45) is 0 Å². The van der Waals surface area contributed by atoms with E-state index in [0.29, 0.717) is 11.4 Å². The molecule has 0 aliphatic rings. The van der Waals surface area contributed by atoms with Crippen molar-refractivity contribution in [3.05, 3.63) is 81.2 Å². The number of carbonyl (C=O) groups excluding carboxylic acids is 1. The zero-order valence-electron chi connectivity index (χ0n) is 15.2. The second kappa shape index (κ2) is 7.36. The maximum Gasteiger partial charge on any atom is 0.274 e. The van der Waals surface area contributed by atoms with E-state index in [4.69, 9.17) is 0 Å². The van der Waals surface area contributed by atoms with Gasteiger partial charge in [-0.05, 0) is 32.4 Å². The predicted molar refractivity (Wildman–Crippen MR) is 99.8 cm³/mol. The molecule has 8 heteroatoms. The second-order valence-electron chi connectivity index (χ2n) is 6.32. The number of carbonyl (C=O) groups is 1. The Balaban J connectivity index is 1.82. The molecule has 3 aromatic rings. The third kappa shape index (κ3) is 3.84. The molecule has 0 bridgehead atoms. The maximum atomic E-state index is 12.6. The summed E-state index contributed by atoms with van der Waals surface area (Å²) in [6, 6.07) is 13.7. The van der Waals surface area contributed by atoms with Crippen LogP contribution in [-0.2, 0) is 0 Å². The van der Waals surface area contributed by atoms with E-state index in [1.165, 1.54) is 16.8 Å². The standard InChI is InChI=1S/C19H19N5O3/c1-12-7-9-15(10-8-12)13(2)20-19(25)18-14(3)23(22-21-18)16-5-4-6-17(11-16)24(26)27/h4-11,13H,1-3H3,(H,20,25). The molecular formula is C19H19N5O3. The van der Waals surface area contributed by atoms with Crippen molar-refractivity contribution in [1.82, 2.24) is 20.3 Å². The highest BCUT2D eigenvalue weighted by Crippen LogP contribution is 2.19. The molecular weight excluding hydrogens is 346 g/mol. The van der Waals surface area contributed by atoms with Gasteiger partial charge >= 0.3 is 0 Å². The van der Waals surface area contributed by atoms with Crippen LogP contribution >= 0.6 is 0 Å². The fourth-order valence-corrected chi connectivity index (χ4v) is 2.73. The molecule has 0 fully saturated rings. The van der Waals surface area contributed by atoms with Crippen LogP contribution in [0.2, 0.25) is 0 Å². The molecule has 0 saturated carbocycles. The van der Waals surface area contributed by atoms with Gasteiger partial charge in [0.05, 0.1) is 22.3 Å². The smallest absolute Gasteiger partial charge is 0.274 e. The van der Waals surface area contributed by atoms with Gasteiger partial charge in [0, 0.05) is 12.1 Å². The molecule has 27 heavy (non-hydrogen) atoms. The summed E-state index contributed by atoms with van der Waals surface area (Å²) in [6.07, 6.45) is 0. The second-order valence-corrected chi connectivity index (χ2v) is 6.32. The van der Waals surface area contributed by atoms with Crippen molar-refractivity contribution < 1.29 is 9.72 Å². The normalized spacial score (nSPS) is 11.8. The Bertz CT molecular complexity index is 995. The number of hydrogen-bond acceptors (Lipinski definition) is 5. The molecule has 0 saturated heterocycles. The van der Waals surface area contributed by atoms with Gasteiger partial charge in [0.1, 0.15) is 0 Å². The van der Waals surface area contributed by atoms with E-state index in [9.17, 15) is 14.9 Å². The van der Waals surface area contributed by atoms with Crippen molar-refractivity contribution in [2.45, 2.75) is 26.8 Å². The largest absolute Gasteiger partial charge is 0.344 e.